The van der Waals surface area contributed by atoms with Gasteiger partial charge in [-0.15, -0.1) is 0 Å². The molecule has 0 unspecified atom stereocenters. The molecule has 0 radical (unpaired) electrons. The molecular weight excluding hydrogens is 673 g/mol. The molecule has 0 aliphatic rings. The van der Waals surface area contributed by atoms with E-state index in [1.807, 2.05) is 0 Å². The van der Waals surface area contributed by atoms with Crippen molar-refractivity contribution in [2.75, 3.05) is 0 Å². The number of hydrogen-bond donors (Lipinski definition) is 0. The summed E-state index contributed by atoms with van der Waals surface area (Å²) in [6.07, 6.45) is 13.6. The molecule has 0 saturated heterocycles. The van der Waals surface area contributed by atoms with Crippen LogP contribution in [0.3, 0.4) is 0 Å². The van der Waals surface area contributed by atoms with Crippen molar-refractivity contribution in [2.45, 2.75) is 13.8 Å². The molecule has 0 amide bonds. The molecule has 56 heavy (non-hydrogen) atoms. The van der Waals surface area contributed by atoms with Crippen LogP contribution >= 0.6 is 0 Å². The first-order valence-electron chi connectivity index (χ1n) is 19.3. The third kappa shape index (κ3) is 8.52. The summed E-state index contributed by atoms with van der Waals surface area (Å²) in [7, 11) is 0. The van der Waals surface area contributed by atoms with E-state index in [1.165, 1.54) is 88.7 Å². The Balaban J connectivity index is 1.08. The van der Waals surface area contributed by atoms with Gasteiger partial charge in [-0.05, 0) is 127 Å². The summed E-state index contributed by atoms with van der Waals surface area (Å²) >= 11 is 0. The summed E-state index contributed by atoms with van der Waals surface area (Å²) < 4.78 is 0. The monoisotopic (exact) mass is 716 g/mol. The summed E-state index contributed by atoms with van der Waals surface area (Å²) in [5.74, 6) is 0. The van der Waals surface area contributed by atoms with Crippen molar-refractivity contribution in [1.82, 2.24) is 0 Å². The first kappa shape index (κ1) is 36.0. The van der Waals surface area contributed by atoms with Crippen molar-refractivity contribution in [3.63, 3.8) is 0 Å². The number of rotatable bonds is 10. The third-order valence-electron chi connectivity index (χ3n) is 10.4. The first-order valence-corrected chi connectivity index (χ1v) is 19.3. The zero-order valence-electron chi connectivity index (χ0n) is 31.9. The van der Waals surface area contributed by atoms with E-state index < -0.39 is 0 Å². The van der Waals surface area contributed by atoms with E-state index in [1.54, 1.807) is 0 Å². The van der Waals surface area contributed by atoms with Crippen LogP contribution < -0.4 is 0 Å². The lowest BCUT2D eigenvalue weighted by Gasteiger charge is -2.11. The smallest absolute Gasteiger partial charge is 0.0105 e. The van der Waals surface area contributed by atoms with Crippen LogP contribution in [0, 0.1) is 13.8 Å². The second kappa shape index (κ2) is 17.0. The fraction of sp³-hybridized carbons (Fsp3) is 0.0357. The van der Waals surface area contributed by atoms with Gasteiger partial charge in [0.05, 0.1) is 0 Å². The average molecular weight is 717 g/mol. The van der Waals surface area contributed by atoms with Crippen molar-refractivity contribution < 1.29 is 0 Å². The SMILES string of the molecule is Cc1cc(C=Cc2cc3ccccc3cc2C=Cc2ccc(C=C(c3ccccc3)c3ccccc3)c(C)c2)ccc1C=C(c1ccccc1)c1ccccc1. The van der Waals surface area contributed by atoms with E-state index in [2.05, 4.69) is 244 Å². The van der Waals surface area contributed by atoms with Crippen LogP contribution in [-0.4, -0.2) is 0 Å². The summed E-state index contributed by atoms with van der Waals surface area (Å²) in [4.78, 5) is 0. The predicted octanol–water partition coefficient (Wildman–Crippen LogP) is 15.0. The molecule has 268 valence electrons. The minimum absolute atomic E-state index is 1.17. The second-order valence-electron chi connectivity index (χ2n) is 14.3. The lowest BCUT2D eigenvalue weighted by atomic mass is 9.93. The molecule has 0 heteroatoms. The second-order valence-corrected chi connectivity index (χ2v) is 14.3. The number of fused-ring (bicyclic) bond motifs is 1. The third-order valence-corrected chi connectivity index (χ3v) is 10.4. The molecule has 0 aliphatic carbocycles. The van der Waals surface area contributed by atoms with Gasteiger partial charge in [-0.25, -0.2) is 0 Å². The topological polar surface area (TPSA) is 0 Å². The van der Waals surface area contributed by atoms with E-state index in [4.69, 9.17) is 0 Å². The van der Waals surface area contributed by atoms with Crippen LogP contribution in [0.25, 0.3) is 58.4 Å². The summed E-state index contributed by atoms with van der Waals surface area (Å²) in [5.41, 5.74) is 16.9. The minimum atomic E-state index is 1.17. The molecule has 8 rings (SSSR count). The number of hydrogen-bond acceptors (Lipinski definition) is 0. The minimum Gasteiger partial charge on any atom is -0.0622 e. The molecule has 0 spiro atoms. The Morgan fingerprint density at radius 1 is 0.304 bits per heavy atom. The molecule has 0 fully saturated rings. The quantitative estimate of drug-likeness (QED) is 0.124. The van der Waals surface area contributed by atoms with Crippen molar-refractivity contribution in [3.05, 3.63) is 261 Å². The molecule has 0 aromatic heterocycles. The Morgan fingerprint density at radius 3 is 0.946 bits per heavy atom. The molecule has 8 aromatic carbocycles. The zero-order chi connectivity index (χ0) is 38.1. The summed E-state index contributed by atoms with van der Waals surface area (Å²) in [6, 6.07) is 69.3. The van der Waals surface area contributed by atoms with E-state index >= 15 is 0 Å². The zero-order valence-corrected chi connectivity index (χ0v) is 31.9. The highest BCUT2D eigenvalue weighted by molar-refractivity contribution is 5.94. The van der Waals surface area contributed by atoms with Gasteiger partial charge in [-0.1, -0.05) is 206 Å². The van der Waals surface area contributed by atoms with E-state index in [0.29, 0.717) is 0 Å². The van der Waals surface area contributed by atoms with Crippen molar-refractivity contribution in [2.24, 2.45) is 0 Å². The van der Waals surface area contributed by atoms with Gasteiger partial charge in [0.1, 0.15) is 0 Å². The Hall–Kier alpha value is -7.02. The number of aryl methyl sites for hydroxylation is 2. The van der Waals surface area contributed by atoms with Gasteiger partial charge in [-0.3, -0.25) is 0 Å². The van der Waals surface area contributed by atoms with Crippen LogP contribution in [0.4, 0.5) is 0 Å². The fourth-order valence-corrected chi connectivity index (χ4v) is 7.31. The normalized spacial score (nSPS) is 11.2. The van der Waals surface area contributed by atoms with Crippen molar-refractivity contribution in [3.8, 4) is 0 Å². The molecule has 0 aliphatic heterocycles. The highest BCUT2D eigenvalue weighted by Gasteiger charge is 2.09. The highest BCUT2D eigenvalue weighted by Crippen LogP contribution is 2.30. The average Bonchev–Trinajstić information content (AvgIpc) is 3.25. The Morgan fingerprint density at radius 2 is 0.625 bits per heavy atom. The molecule has 0 bridgehead atoms. The molecule has 0 atom stereocenters. The maximum atomic E-state index is 2.32. The largest absolute Gasteiger partial charge is 0.0622 e. The summed E-state index contributed by atoms with van der Waals surface area (Å²) in [6.45, 7) is 4.41. The maximum Gasteiger partial charge on any atom is -0.0105 e. The van der Waals surface area contributed by atoms with Crippen molar-refractivity contribution >= 4 is 58.4 Å². The van der Waals surface area contributed by atoms with E-state index in [9.17, 15) is 0 Å². The van der Waals surface area contributed by atoms with Gasteiger partial charge < -0.3 is 0 Å². The van der Waals surface area contributed by atoms with Gasteiger partial charge in [0.15, 0.2) is 0 Å². The molecule has 0 nitrogen and oxygen atoms in total. The predicted molar refractivity (Wildman–Crippen MR) is 244 cm³/mol. The molecule has 0 saturated carbocycles. The number of benzene rings is 8. The highest BCUT2D eigenvalue weighted by atomic mass is 14.1. The molecule has 0 N–H and O–H groups in total. The van der Waals surface area contributed by atoms with Gasteiger partial charge >= 0.3 is 0 Å². The van der Waals surface area contributed by atoms with Gasteiger partial charge in [-0.2, -0.15) is 0 Å². The van der Waals surface area contributed by atoms with Crippen LogP contribution in [0.2, 0.25) is 0 Å². The Labute approximate surface area is 331 Å². The standard InChI is InChI=1S/C56H44/c1-41-35-43(27-31-49(41)39-55(45-17-7-3-8-18-45)46-19-9-4-10-20-46)29-33-53-37-51-25-15-16-26-52(51)38-54(53)34-30-44-28-32-50(42(2)36-44)40-56(47-21-11-5-12-22-47)48-23-13-6-14-24-48/h3-40H,1-2H3. The molecular formula is C56H44. The van der Waals surface area contributed by atoms with Crippen LogP contribution in [0.15, 0.2) is 194 Å². The van der Waals surface area contributed by atoms with Crippen LogP contribution in [0.1, 0.15) is 66.8 Å². The Bertz CT molecular complexity index is 2440. The Kier molecular flexibility index (Phi) is 10.9. The molecule has 0 heterocycles. The van der Waals surface area contributed by atoms with E-state index in [-0.39, 0.29) is 0 Å². The molecule has 8 aromatic rings. The first-order chi connectivity index (χ1) is 27.6. The van der Waals surface area contributed by atoms with Gasteiger partial charge in [0.25, 0.3) is 0 Å². The lowest BCUT2D eigenvalue weighted by Crippen LogP contribution is -1.90. The van der Waals surface area contributed by atoms with E-state index in [0.717, 1.165) is 0 Å². The van der Waals surface area contributed by atoms with Crippen molar-refractivity contribution in [1.29, 1.82) is 0 Å². The van der Waals surface area contributed by atoms with Crippen LogP contribution in [-0.2, 0) is 0 Å². The fourth-order valence-electron chi connectivity index (χ4n) is 7.31. The lowest BCUT2D eigenvalue weighted by molar-refractivity contribution is 1.43. The maximum absolute atomic E-state index is 2.32. The van der Waals surface area contributed by atoms with Crippen LogP contribution in [0.5, 0.6) is 0 Å². The van der Waals surface area contributed by atoms with Gasteiger partial charge in [0.2, 0.25) is 0 Å². The summed E-state index contributed by atoms with van der Waals surface area (Å²) in [5, 5.41) is 2.46. The van der Waals surface area contributed by atoms with Gasteiger partial charge in [0, 0.05) is 0 Å².